The average Bonchev–Trinajstić information content (AvgIpc) is 2.74. The largest absolute Gasteiger partial charge is 0.497 e. The summed E-state index contributed by atoms with van der Waals surface area (Å²) in [6.45, 7) is 2.77. The van der Waals surface area contributed by atoms with Crippen LogP contribution in [0.5, 0.6) is 5.75 Å². The summed E-state index contributed by atoms with van der Waals surface area (Å²) in [5.74, 6) is 0.287. The van der Waals surface area contributed by atoms with Crippen LogP contribution in [0.15, 0.2) is 48.5 Å². The number of nitro benzene ring substituents is 1. The third-order valence-electron chi connectivity index (χ3n) is 4.77. The van der Waals surface area contributed by atoms with E-state index < -0.39 is 11.0 Å². The summed E-state index contributed by atoms with van der Waals surface area (Å²) in [5.41, 5.74) is 1.52. The van der Waals surface area contributed by atoms with Crippen LogP contribution in [0.3, 0.4) is 0 Å². The summed E-state index contributed by atoms with van der Waals surface area (Å²) in [6.07, 6.45) is 0. The maximum Gasteiger partial charge on any atom is 0.325 e. The minimum atomic E-state index is -0.588. The first-order valence-corrected chi connectivity index (χ1v) is 9.41. The van der Waals surface area contributed by atoms with E-state index in [1.807, 2.05) is 4.90 Å². The molecule has 0 radical (unpaired) electrons. The zero-order valence-corrected chi connectivity index (χ0v) is 16.5. The molecule has 2 aromatic carbocycles. The normalized spacial score (nSPS) is 14.1. The Morgan fingerprint density at radius 1 is 1.03 bits per heavy atom. The van der Waals surface area contributed by atoms with Crippen molar-refractivity contribution in [2.24, 2.45) is 0 Å². The first-order valence-electron chi connectivity index (χ1n) is 9.41. The van der Waals surface area contributed by atoms with Gasteiger partial charge in [0.1, 0.15) is 5.75 Å². The van der Waals surface area contributed by atoms with Crippen molar-refractivity contribution in [1.82, 2.24) is 10.2 Å². The van der Waals surface area contributed by atoms with Crippen molar-refractivity contribution in [1.29, 1.82) is 0 Å². The number of methoxy groups -OCH3 is 1. The van der Waals surface area contributed by atoms with Gasteiger partial charge in [-0.3, -0.25) is 25.1 Å². The van der Waals surface area contributed by atoms with Gasteiger partial charge in [-0.1, -0.05) is 0 Å². The molecule has 1 fully saturated rings. The topological polar surface area (TPSA) is 117 Å². The highest BCUT2D eigenvalue weighted by Crippen LogP contribution is 2.20. The molecule has 0 unspecified atom stereocenters. The molecular formula is C20H23N5O5. The Kier molecular flexibility index (Phi) is 6.81. The molecule has 2 aromatic rings. The van der Waals surface area contributed by atoms with E-state index in [9.17, 15) is 19.7 Å². The van der Waals surface area contributed by atoms with Gasteiger partial charge in [-0.25, -0.2) is 4.79 Å². The molecule has 0 atom stereocenters. The molecule has 10 nitrogen and oxygen atoms in total. The van der Waals surface area contributed by atoms with Crippen LogP contribution in [-0.2, 0) is 4.79 Å². The quantitative estimate of drug-likeness (QED) is 0.550. The highest BCUT2D eigenvalue weighted by atomic mass is 16.6. The lowest BCUT2D eigenvalue weighted by Gasteiger charge is -2.35. The molecule has 0 aliphatic carbocycles. The minimum absolute atomic E-state index is 0.0574. The van der Waals surface area contributed by atoms with Gasteiger partial charge < -0.3 is 15.0 Å². The van der Waals surface area contributed by atoms with E-state index in [0.29, 0.717) is 37.6 Å². The standard InChI is InChI=1S/C20H23N5O5/c1-30-18-8-2-15(3-9-18)21-20(27)22-19(26)14-23-10-12-24(13-11-23)16-4-6-17(7-5-16)25(28)29/h2-9H,10-14H2,1H3,(H2,21,22,26,27). The molecule has 1 aliphatic rings. The lowest BCUT2D eigenvalue weighted by molar-refractivity contribution is -0.384. The van der Waals surface area contributed by atoms with E-state index >= 15 is 0 Å². The molecule has 1 saturated heterocycles. The highest BCUT2D eigenvalue weighted by Gasteiger charge is 2.20. The first kappa shape index (κ1) is 21.1. The number of nitrogens with zero attached hydrogens (tertiary/aromatic N) is 3. The summed E-state index contributed by atoms with van der Waals surface area (Å²) >= 11 is 0. The number of rotatable bonds is 6. The summed E-state index contributed by atoms with van der Waals surface area (Å²) < 4.78 is 5.06. The zero-order valence-electron chi connectivity index (χ0n) is 16.5. The van der Waals surface area contributed by atoms with Gasteiger partial charge in [-0.15, -0.1) is 0 Å². The van der Waals surface area contributed by atoms with Gasteiger partial charge in [0.15, 0.2) is 0 Å². The van der Waals surface area contributed by atoms with E-state index in [0.717, 1.165) is 5.69 Å². The third kappa shape index (κ3) is 5.67. The summed E-state index contributed by atoms with van der Waals surface area (Å²) in [7, 11) is 1.56. The maximum atomic E-state index is 12.2. The Morgan fingerprint density at radius 2 is 1.67 bits per heavy atom. The Bertz CT molecular complexity index is 893. The number of ether oxygens (including phenoxy) is 1. The molecule has 3 rings (SSSR count). The fraction of sp³-hybridized carbons (Fsp3) is 0.300. The lowest BCUT2D eigenvalue weighted by Crippen LogP contribution is -2.50. The van der Waals surface area contributed by atoms with E-state index in [1.54, 1.807) is 43.5 Å². The van der Waals surface area contributed by atoms with E-state index in [-0.39, 0.29) is 18.1 Å². The molecule has 30 heavy (non-hydrogen) atoms. The predicted octanol–water partition coefficient (Wildman–Crippen LogP) is 2.07. The molecule has 2 N–H and O–H groups in total. The lowest BCUT2D eigenvalue weighted by atomic mass is 10.2. The van der Waals surface area contributed by atoms with Crippen LogP contribution >= 0.6 is 0 Å². The molecular weight excluding hydrogens is 390 g/mol. The van der Waals surface area contributed by atoms with Crippen LogP contribution in [0.2, 0.25) is 0 Å². The van der Waals surface area contributed by atoms with Crippen molar-refractivity contribution < 1.29 is 19.2 Å². The molecule has 0 spiro atoms. The third-order valence-corrected chi connectivity index (χ3v) is 4.77. The predicted molar refractivity (Wildman–Crippen MR) is 112 cm³/mol. The van der Waals surface area contributed by atoms with E-state index in [2.05, 4.69) is 15.5 Å². The monoisotopic (exact) mass is 413 g/mol. The van der Waals surface area contributed by atoms with Crippen molar-refractivity contribution in [2.75, 3.05) is 50.1 Å². The van der Waals surface area contributed by atoms with Crippen molar-refractivity contribution >= 4 is 29.0 Å². The Labute approximate surface area is 173 Å². The van der Waals surface area contributed by atoms with Crippen LogP contribution in [0.25, 0.3) is 0 Å². The number of hydrogen-bond donors (Lipinski definition) is 2. The van der Waals surface area contributed by atoms with Gasteiger partial charge in [-0.2, -0.15) is 0 Å². The zero-order chi connectivity index (χ0) is 21.5. The number of carbonyl (C=O) groups excluding carboxylic acids is 2. The Morgan fingerprint density at radius 3 is 2.23 bits per heavy atom. The van der Waals surface area contributed by atoms with Crippen molar-refractivity contribution in [3.8, 4) is 5.75 Å². The second-order valence-corrected chi connectivity index (χ2v) is 6.77. The average molecular weight is 413 g/mol. The molecule has 1 aliphatic heterocycles. The number of nitrogens with one attached hydrogen (secondary N) is 2. The number of carbonyl (C=O) groups is 2. The molecule has 0 saturated carbocycles. The molecule has 158 valence electrons. The van der Waals surface area contributed by atoms with Gasteiger partial charge in [0.05, 0.1) is 18.6 Å². The van der Waals surface area contributed by atoms with Gasteiger partial charge in [0, 0.05) is 49.7 Å². The van der Waals surface area contributed by atoms with Crippen LogP contribution < -0.4 is 20.3 Å². The molecule has 3 amide bonds. The van der Waals surface area contributed by atoms with E-state index in [1.165, 1.54) is 12.1 Å². The number of hydrogen-bond acceptors (Lipinski definition) is 7. The second-order valence-electron chi connectivity index (χ2n) is 6.77. The fourth-order valence-electron chi connectivity index (χ4n) is 3.16. The van der Waals surface area contributed by atoms with Crippen LogP contribution in [0.1, 0.15) is 0 Å². The Hall–Kier alpha value is -3.66. The van der Waals surface area contributed by atoms with Crippen LogP contribution in [0, 0.1) is 10.1 Å². The van der Waals surface area contributed by atoms with Crippen LogP contribution in [-0.4, -0.2) is 61.6 Å². The fourth-order valence-corrected chi connectivity index (χ4v) is 3.16. The number of anilines is 2. The van der Waals surface area contributed by atoms with Crippen LogP contribution in [0.4, 0.5) is 21.9 Å². The summed E-state index contributed by atoms with van der Waals surface area (Å²) in [6, 6.07) is 12.6. The first-order chi connectivity index (χ1) is 14.4. The summed E-state index contributed by atoms with van der Waals surface area (Å²) in [5, 5.41) is 15.7. The van der Waals surface area contributed by atoms with Crippen molar-refractivity contribution in [3.05, 3.63) is 58.6 Å². The van der Waals surface area contributed by atoms with Crippen molar-refractivity contribution in [2.45, 2.75) is 0 Å². The highest BCUT2D eigenvalue weighted by molar-refractivity contribution is 6.01. The number of imide groups is 1. The van der Waals surface area contributed by atoms with Gasteiger partial charge in [0.2, 0.25) is 5.91 Å². The molecule has 1 heterocycles. The number of piperazine rings is 1. The van der Waals surface area contributed by atoms with Gasteiger partial charge >= 0.3 is 6.03 Å². The number of urea groups is 1. The number of benzene rings is 2. The molecule has 0 aromatic heterocycles. The van der Waals surface area contributed by atoms with Gasteiger partial charge in [-0.05, 0) is 36.4 Å². The number of amides is 3. The molecule has 0 bridgehead atoms. The Balaban J connectivity index is 1.42. The minimum Gasteiger partial charge on any atom is -0.497 e. The molecule has 10 heteroatoms. The number of nitro groups is 1. The van der Waals surface area contributed by atoms with Gasteiger partial charge in [0.25, 0.3) is 5.69 Å². The van der Waals surface area contributed by atoms with E-state index in [4.69, 9.17) is 4.74 Å². The van der Waals surface area contributed by atoms with Crippen molar-refractivity contribution in [3.63, 3.8) is 0 Å². The number of non-ortho nitro benzene ring substituents is 1. The smallest absolute Gasteiger partial charge is 0.325 e. The maximum absolute atomic E-state index is 12.2. The summed E-state index contributed by atoms with van der Waals surface area (Å²) in [4.78, 5) is 38.5. The SMILES string of the molecule is COc1ccc(NC(=O)NC(=O)CN2CCN(c3ccc([N+](=O)[O-])cc3)CC2)cc1. The second kappa shape index (κ2) is 9.70.